The zero-order valence-corrected chi connectivity index (χ0v) is 19.5. The number of pyridine rings is 1. The zero-order chi connectivity index (χ0) is 24.6. The van der Waals surface area contributed by atoms with Crippen molar-refractivity contribution >= 4 is 12.1 Å². The molecule has 5 rings (SSSR count). The minimum Gasteiger partial charge on any atom is -0.482 e. The maximum Gasteiger partial charge on any atom is 0.408 e. The first-order chi connectivity index (χ1) is 16.9. The molecule has 2 N–H and O–H groups in total. The Labute approximate surface area is 202 Å². The van der Waals surface area contributed by atoms with Gasteiger partial charge in [0.15, 0.2) is 11.4 Å². The second-order valence-corrected chi connectivity index (χ2v) is 9.21. The Morgan fingerprint density at radius 3 is 2.74 bits per heavy atom. The van der Waals surface area contributed by atoms with Crippen LogP contribution in [0.3, 0.4) is 0 Å². The number of nitrogens with zero attached hydrogens (tertiary/aromatic N) is 2. The number of amides is 1. The summed E-state index contributed by atoms with van der Waals surface area (Å²) in [6, 6.07) is 10.6. The molecule has 4 atom stereocenters. The van der Waals surface area contributed by atoms with Gasteiger partial charge in [0.2, 0.25) is 5.43 Å². The number of aromatic nitrogens is 1. The monoisotopic (exact) mass is 483 g/mol. The van der Waals surface area contributed by atoms with Crippen LogP contribution in [0.4, 0.5) is 4.79 Å². The Morgan fingerprint density at radius 2 is 2.03 bits per heavy atom. The van der Waals surface area contributed by atoms with Crippen molar-refractivity contribution in [2.45, 2.75) is 57.1 Å². The number of carbonyl (C=O) groups is 2. The molecule has 3 fully saturated rings. The van der Waals surface area contributed by atoms with E-state index in [1.54, 1.807) is 6.92 Å². The Balaban J connectivity index is 1.51. The lowest BCUT2D eigenvalue weighted by molar-refractivity contribution is -0.0644. The Morgan fingerprint density at radius 1 is 1.23 bits per heavy atom. The first-order valence-corrected chi connectivity index (χ1v) is 12.0. The van der Waals surface area contributed by atoms with Gasteiger partial charge in [-0.1, -0.05) is 30.3 Å². The van der Waals surface area contributed by atoms with Gasteiger partial charge in [0.1, 0.15) is 12.8 Å². The molecular formula is C25H29N3O7. The molecule has 1 unspecified atom stereocenters. The van der Waals surface area contributed by atoms with Crippen molar-refractivity contribution in [2.24, 2.45) is 5.92 Å². The summed E-state index contributed by atoms with van der Waals surface area (Å²) in [4.78, 5) is 39.2. The SMILES string of the molecule is CCOC(=O)c1c(OCc2ccccc2)c(=O)ccn1NC1[C@H]2C[C@@H]3CC[C@@]2(CCN1C(=O)O)O3. The van der Waals surface area contributed by atoms with Crippen molar-refractivity contribution in [3.05, 3.63) is 64.1 Å². The van der Waals surface area contributed by atoms with E-state index < -0.39 is 23.7 Å². The molecule has 4 heterocycles. The van der Waals surface area contributed by atoms with E-state index in [2.05, 4.69) is 5.43 Å². The van der Waals surface area contributed by atoms with E-state index >= 15 is 0 Å². The summed E-state index contributed by atoms with van der Waals surface area (Å²) in [6.45, 7) is 2.16. The Kier molecular flexibility index (Phi) is 6.14. The Bertz CT molecular complexity index is 1170. The largest absolute Gasteiger partial charge is 0.482 e. The lowest BCUT2D eigenvalue weighted by Gasteiger charge is -2.48. The summed E-state index contributed by atoms with van der Waals surface area (Å²) in [7, 11) is 0. The molecule has 1 aromatic carbocycles. The van der Waals surface area contributed by atoms with Gasteiger partial charge in [-0.3, -0.25) is 14.4 Å². The lowest BCUT2D eigenvalue weighted by Crippen LogP contribution is -2.62. The number of nitrogens with one attached hydrogen (secondary N) is 1. The van der Waals surface area contributed by atoms with Crippen molar-refractivity contribution in [3.63, 3.8) is 0 Å². The molecule has 0 radical (unpaired) electrons. The number of carboxylic acid groups (broad SMARTS) is 1. The zero-order valence-electron chi connectivity index (χ0n) is 19.5. The number of likely N-dealkylation sites (tertiary alicyclic amines) is 1. The van der Waals surface area contributed by atoms with Crippen LogP contribution in [-0.4, -0.2) is 57.8 Å². The van der Waals surface area contributed by atoms with Gasteiger partial charge in [-0.15, -0.1) is 0 Å². The van der Waals surface area contributed by atoms with Gasteiger partial charge in [-0.25, -0.2) is 9.59 Å². The summed E-state index contributed by atoms with van der Waals surface area (Å²) in [6.07, 6.45) is 3.05. The molecule has 3 aliphatic rings. The predicted octanol–water partition coefficient (Wildman–Crippen LogP) is 2.80. The molecule has 2 aromatic rings. The van der Waals surface area contributed by atoms with E-state index in [1.807, 2.05) is 30.3 Å². The number of esters is 1. The third-order valence-electron chi connectivity index (χ3n) is 7.24. The average Bonchev–Trinajstić information content (AvgIpc) is 3.43. The molecular weight excluding hydrogens is 454 g/mol. The van der Waals surface area contributed by atoms with Gasteiger partial charge in [0.05, 0.1) is 18.3 Å². The van der Waals surface area contributed by atoms with E-state index in [4.69, 9.17) is 14.2 Å². The van der Waals surface area contributed by atoms with Crippen molar-refractivity contribution in [2.75, 3.05) is 18.6 Å². The molecule has 1 amide bonds. The molecule has 2 bridgehead atoms. The number of hydrogen-bond donors (Lipinski definition) is 2. The van der Waals surface area contributed by atoms with Crippen LogP contribution in [-0.2, 0) is 16.1 Å². The van der Waals surface area contributed by atoms with Gasteiger partial charge in [-0.2, -0.15) is 0 Å². The molecule has 10 heteroatoms. The highest BCUT2D eigenvalue weighted by Gasteiger charge is 2.60. The molecule has 3 saturated heterocycles. The summed E-state index contributed by atoms with van der Waals surface area (Å²) in [5, 5.41) is 9.92. The smallest absolute Gasteiger partial charge is 0.408 e. The fourth-order valence-corrected chi connectivity index (χ4v) is 5.65. The van der Waals surface area contributed by atoms with Crippen molar-refractivity contribution < 1.29 is 28.9 Å². The molecule has 186 valence electrons. The summed E-state index contributed by atoms with van der Waals surface area (Å²) in [5.41, 5.74) is 3.08. The van der Waals surface area contributed by atoms with E-state index in [0.717, 1.165) is 24.8 Å². The highest BCUT2D eigenvalue weighted by molar-refractivity contribution is 5.90. The van der Waals surface area contributed by atoms with E-state index in [-0.39, 0.29) is 42.3 Å². The van der Waals surface area contributed by atoms with Gasteiger partial charge in [-0.05, 0) is 38.2 Å². The van der Waals surface area contributed by atoms with Gasteiger partial charge in [0, 0.05) is 24.7 Å². The number of carbonyl (C=O) groups excluding carboxylic acids is 1. The van der Waals surface area contributed by atoms with Crippen LogP contribution in [0, 0.1) is 5.92 Å². The Hall–Kier alpha value is -3.53. The van der Waals surface area contributed by atoms with Crippen LogP contribution in [0.1, 0.15) is 48.7 Å². The number of rotatable bonds is 7. The minimum absolute atomic E-state index is 0.0818. The summed E-state index contributed by atoms with van der Waals surface area (Å²) in [5.74, 6) is -0.981. The third-order valence-corrected chi connectivity index (χ3v) is 7.24. The van der Waals surface area contributed by atoms with Crippen molar-refractivity contribution in [1.29, 1.82) is 0 Å². The van der Waals surface area contributed by atoms with Gasteiger partial charge >= 0.3 is 12.1 Å². The first kappa shape index (κ1) is 23.2. The fourth-order valence-electron chi connectivity index (χ4n) is 5.65. The van der Waals surface area contributed by atoms with E-state index in [9.17, 15) is 19.5 Å². The van der Waals surface area contributed by atoms with E-state index in [1.165, 1.54) is 21.8 Å². The standard InChI is InChI=1S/C25H29N3O7/c1-2-33-23(30)20-21(34-15-16-6-4-3-5-7-16)19(29)9-12-28(20)26-22-18-14-17-8-10-25(18,35-17)11-13-27(22)24(31)32/h3-7,9,12,17-18,22,26H,2,8,10-11,13-15H2,1H3,(H,31,32)/t17-,18+,22?,25-/m0/s1. The maximum absolute atomic E-state index is 13.0. The quantitative estimate of drug-likeness (QED) is 0.577. The van der Waals surface area contributed by atoms with Crippen LogP contribution >= 0.6 is 0 Å². The molecule has 10 nitrogen and oxygen atoms in total. The summed E-state index contributed by atoms with van der Waals surface area (Å²) < 4.78 is 18.7. The van der Waals surface area contributed by atoms with Crippen LogP contribution in [0.25, 0.3) is 0 Å². The molecule has 3 aliphatic heterocycles. The maximum atomic E-state index is 13.0. The number of ether oxygens (including phenoxy) is 3. The summed E-state index contributed by atoms with van der Waals surface area (Å²) >= 11 is 0. The lowest BCUT2D eigenvalue weighted by atomic mass is 9.72. The molecule has 0 aliphatic carbocycles. The average molecular weight is 484 g/mol. The second-order valence-electron chi connectivity index (χ2n) is 9.21. The molecule has 0 saturated carbocycles. The molecule has 1 spiro atoms. The number of hydrogen-bond acceptors (Lipinski definition) is 7. The third kappa shape index (κ3) is 4.22. The number of piperidine rings is 1. The predicted molar refractivity (Wildman–Crippen MR) is 125 cm³/mol. The van der Waals surface area contributed by atoms with E-state index in [0.29, 0.717) is 13.0 Å². The normalized spacial score (nSPS) is 26.8. The van der Waals surface area contributed by atoms with Crippen LogP contribution in [0.5, 0.6) is 5.75 Å². The highest BCUT2D eigenvalue weighted by Crippen LogP contribution is 2.53. The van der Waals surface area contributed by atoms with Crippen LogP contribution in [0.2, 0.25) is 0 Å². The second kappa shape index (κ2) is 9.26. The van der Waals surface area contributed by atoms with Crippen molar-refractivity contribution in [1.82, 2.24) is 9.58 Å². The topological polar surface area (TPSA) is 119 Å². The molecule has 35 heavy (non-hydrogen) atoms. The number of benzene rings is 1. The fraction of sp³-hybridized carbons (Fsp3) is 0.480. The highest BCUT2D eigenvalue weighted by atomic mass is 16.5. The van der Waals surface area contributed by atoms with Crippen LogP contribution < -0.4 is 15.6 Å². The molecule has 1 aromatic heterocycles. The van der Waals surface area contributed by atoms with Crippen molar-refractivity contribution in [3.8, 4) is 5.75 Å². The van der Waals surface area contributed by atoms with Crippen LogP contribution in [0.15, 0.2) is 47.4 Å². The van der Waals surface area contributed by atoms with Gasteiger partial charge in [0.25, 0.3) is 0 Å². The van der Waals surface area contributed by atoms with Gasteiger partial charge < -0.3 is 24.7 Å². The minimum atomic E-state index is -1.06. The number of fused-ring (bicyclic) bond motifs is 1. The first-order valence-electron chi connectivity index (χ1n) is 12.0.